The van der Waals surface area contributed by atoms with Crippen molar-refractivity contribution in [2.24, 2.45) is 0 Å². The van der Waals surface area contributed by atoms with Gasteiger partial charge in [-0.25, -0.2) is 9.07 Å². The van der Waals surface area contributed by atoms with Crippen molar-refractivity contribution in [1.29, 1.82) is 0 Å². The van der Waals surface area contributed by atoms with Crippen LogP contribution in [0.25, 0.3) is 5.69 Å². The second-order valence-corrected chi connectivity index (χ2v) is 7.93. The van der Waals surface area contributed by atoms with Crippen molar-refractivity contribution in [2.45, 2.75) is 38.1 Å². The molecule has 0 atom stereocenters. The summed E-state index contributed by atoms with van der Waals surface area (Å²) in [6.45, 7) is 3.86. The quantitative estimate of drug-likeness (QED) is 0.816. The summed E-state index contributed by atoms with van der Waals surface area (Å²) in [6, 6.07) is 5.14. The molecule has 0 saturated carbocycles. The van der Waals surface area contributed by atoms with E-state index in [2.05, 4.69) is 4.90 Å². The van der Waals surface area contributed by atoms with Gasteiger partial charge in [-0.2, -0.15) is 5.10 Å². The van der Waals surface area contributed by atoms with Crippen LogP contribution in [-0.2, 0) is 12.8 Å². The van der Waals surface area contributed by atoms with Gasteiger partial charge in [0.25, 0.3) is 5.91 Å². The van der Waals surface area contributed by atoms with E-state index in [1.54, 1.807) is 16.8 Å². The standard InChI is InChI=1S/C21H25FN4O2/c1-28-19-6-5-15(13-17(19)22)26-18-4-2-3-16(18)20(23-26)21(27)25-12-11-24-9-7-14(25)8-10-24/h5-6,13-14H,2-4,7-12H2,1H3. The Balaban J connectivity index is 1.52. The molecule has 1 aliphatic carbocycles. The zero-order chi connectivity index (χ0) is 19.3. The number of fused-ring (bicyclic) bond motifs is 5. The number of nitrogens with zero attached hydrogens (tertiary/aromatic N) is 4. The molecule has 1 aromatic carbocycles. The molecule has 2 bridgehead atoms. The summed E-state index contributed by atoms with van der Waals surface area (Å²) in [5.74, 6) is -0.174. The van der Waals surface area contributed by atoms with Gasteiger partial charge in [0.1, 0.15) is 0 Å². The number of carbonyl (C=O) groups is 1. The summed E-state index contributed by atoms with van der Waals surface area (Å²) >= 11 is 0. The van der Waals surface area contributed by atoms with Crippen molar-refractivity contribution in [3.63, 3.8) is 0 Å². The molecule has 0 radical (unpaired) electrons. The number of aromatic nitrogens is 2. The lowest BCUT2D eigenvalue weighted by atomic mass is 10.0. The van der Waals surface area contributed by atoms with Gasteiger partial charge >= 0.3 is 0 Å². The van der Waals surface area contributed by atoms with Gasteiger partial charge in [-0.15, -0.1) is 0 Å². The van der Waals surface area contributed by atoms with Crippen molar-refractivity contribution in [3.8, 4) is 11.4 Å². The summed E-state index contributed by atoms with van der Waals surface area (Å²) in [5, 5.41) is 4.69. The largest absolute Gasteiger partial charge is 0.494 e. The van der Waals surface area contributed by atoms with Crippen molar-refractivity contribution in [2.75, 3.05) is 33.3 Å². The van der Waals surface area contributed by atoms with Gasteiger partial charge in [-0.3, -0.25) is 4.79 Å². The van der Waals surface area contributed by atoms with Gasteiger partial charge in [0.15, 0.2) is 17.3 Å². The number of rotatable bonds is 3. The number of piperidine rings is 1. The van der Waals surface area contributed by atoms with Gasteiger partial charge in [0, 0.05) is 49.5 Å². The molecule has 7 heteroatoms. The normalized spacial score (nSPS) is 23.6. The van der Waals surface area contributed by atoms with Crippen LogP contribution in [-0.4, -0.2) is 64.8 Å². The fourth-order valence-electron chi connectivity index (χ4n) is 4.90. The molecule has 4 aliphatic rings. The Hall–Kier alpha value is -2.41. The second-order valence-electron chi connectivity index (χ2n) is 7.93. The molecule has 1 amide bonds. The number of ether oxygens (including phenoxy) is 1. The van der Waals surface area contributed by atoms with Crippen LogP contribution in [0.4, 0.5) is 4.39 Å². The summed E-state index contributed by atoms with van der Waals surface area (Å²) in [6.07, 6.45) is 4.81. The summed E-state index contributed by atoms with van der Waals surface area (Å²) < 4.78 is 21.0. The van der Waals surface area contributed by atoms with Crippen LogP contribution in [0.5, 0.6) is 5.75 Å². The van der Waals surface area contributed by atoms with Crippen LogP contribution in [0.1, 0.15) is 41.0 Å². The van der Waals surface area contributed by atoms with Crippen LogP contribution in [0.2, 0.25) is 0 Å². The Morgan fingerprint density at radius 2 is 2.00 bits per heavy atom. The highest BCUT2D eigenvalue weighted by Crippen LogP contribution is 2.31. The zero-order valence-corrected chi connectivity index (χ0v) is 16.2. The van der Waals surface area contributed by atoms with E-state index in [0.717, 1.165) is 69.5 Å². The predicted molar refractivity (Wildman–Crippen MR) is 103 cm³/mol. The van der Waals surface area contributed by atoms with Crippen LogP contribution in [0.15, 0.2) is 18.2 Å². The van der Waals surface area contributed by atoms with Gasteiger partial charge in [-0.05, 0) is 44.2 Å². The molecule has 3 saturated heterocycles. The maximum atomic E-state index is 14.2. The number of methoxy groups -OCH3 is 1. The second kappa shape index (κ2) is 6.88. The van der Waals surface area contributed by atoms with Crippen LogP contribution < -0.4 is 4.74 Å². The Morgan fingerprint density at radius 1 is 1.18 bits per heavy atom. The molecule has 2 aromatic rings. The Morgan fingerprint density at radius 3 is 2.75 bits per heavy atom. The zero-order valence-electron chi connectivity index (χ0n) is 16.2. The predicted octanol–water partition coefficient (Wildman–Crippen LogP) is 2.43. The average Bonchev–Trinajstić information content (AvgIpc) is 3.19. The number of halogens is 1. The van der Waals surface area contributed by atoms with Gasteiger partial charge in [0.05, 0.1) is 12.8 Å². The van der Waals surface area contributed by atoms with Crippen molar-refractivity contribution < 1.29 is 13.9 Å². The van der Waals surface area contributed by atoms with Gasteiger partial charge in [-0.1, -0.05) is 0 Å². The lowest BCUT2D eigenvalue weighted by Crippen LogP contribution is -2.42. The topological polar surface area (TPSA) is 50.6 Å². The summed E-state index contributed by atoms with van der Waals surface area (Å²) in [4.78, 5) is 17.9. The SMILES string of the molecule is COc1ccc(-n2nc(C(=O)N3CCN4CCC3CC4)c3c2CCC3)cc1F. The molecule has 3 aliphatic heterocycles. The number of hydrogen-bond acceptors (Lipinski definition) is 4. The van der Waals surface area contributed by atoms with Crippen molar-refractivity contribution in [3.05, 3.63) is 41.0 Å². The minimum absolute atomic E-state index is 0.0413. The van der Waals surface area contributed by atoms with Crippen molar-refractivity contribution >= 4 is 5.91 Å². The highest BCUT2D eigenvalue weighted by Gasteiger charge is 2.36. The van der Waals surface area contributed by atoms with E-state index in [-0.39, 0.29) is 11.7 Å². The number of benzene rings is 1. The van der Waals surface area contributed by atoms with Crippen molar-refractivity contribution in [1.82, 2.24) is 19.6 Å². The van der Waals surface area contributed by atoms with Crippen LogP contribution >= 0.6 is 0 Å². The molecular formula is C21H25FN4O2. The van der Waals surface area contributed by atoms with E-state index in [1.165, 1.54) is 13.2 Å². The number of carbonyl (C=O) groups excluding carboxylic acids is 1. The molecule has 4 heterocycles. The first-order valence-electron chi connectivity index (χ1n) is 10.1. The Labute approximate surface area is 163 Å². The fraction of sp³-hybridized carbons (Fsp3) is 0.524. The third-order valence-corrected chi connectivity index (χ3v) is 6.43. The molecule has 1 aromatic heterocycles. The van der Waals surface area contributed by atoms with E-state index in [1.807, 2.05) is 4.90 Å². The maximum absolute atomic E-state index is 14.2. The van der Waals surface area contributed by atoms with E-state index < -0.39 is 5.82 Å². The molecule has 28 heavy (non-hydrogen) atoms. The minimum atomic E-state index is -0.423. The lowest BCUT2D eigenvalue weighted by molar-refractivity contribution is 0.0677. The fourth-order valence-corrected chi connectivity index (χ4v) is 4.90. The van der Waals surface area contributed by atoms with Gasteiger partial charge in [0.2, 0.25) is 0 Å². The van der Waals surface area contributed by atoms with E-state index in [9.17, 15) is 9.18 Å². The highest BCUT2D eigenvalue weighted by atomic mass is 19.1. The number of amides is 1. The van der Waals surface area contributed by atoms with E-state index in [4.69, 9.17) is 9.84 Å². The first-order valence-corrected chi connectivity index (χ1v) is 10.1. The molecular weight excluding hydrogens is 359 g/mol. The Bertz CT molecular complexity index is 917. The third-order valence-electron chi connectivity index (χ3n) is 6.43. The van der Waals surface area contributed by atoms with Crippen LogP contribution in [0.3, 0.4) is 0 Å². The molecule has 6 rings (SSSR count). The Kier molecular flexibility index (Phi) is 4.34. The molecule has 148 valence electrons. The van der Waals surface area contributed by atoms with E-state index in [0.29, 0.717) is 17.4 Å². The summed E-state index contributed by atoms with van der Waals surface area (Å²) in [5.41, 5.74) is 3.28. The number of hydrogen-bond donors (Lipinski definition) is 0. The molecule has 0 N–H and O–H groups in total. The molecule has 0 spiro atoms. The average molecular weight is 384 g/mol. The van der Waals surface area contributed by atoms with Gasteiger partial charge < -0.3 is 14.5 Å². The smallest absolute Gasteiger partial charge is 0.274 e. The third kappa shape index (κ3) is 2.80. The van der Waals surface area contributed by atoms with Crippen LogP contribution in [0, 0.1) is 5.82 Å². The minimum Gasteiger partial charge on any atom is -0.494 e. The summed E-state index contributed by atoms with van der Waals surface area (Å²) in [7, 11) is 1.45. The van der Waals surface area contributed by atoms with E-state index >= 15 is 0 Å². The highest BCUT2D eigenvalue weighted by molar-refractivity contribution is 5.94. The molecule has 3 fully saturated rings. The first-order chi connectivity index (χ1) is 13.7. The maximum Gasteiger partial charge on any atom is 0.274 e. The molecule has 6 nitrogen and oxygen atoms in total. The monoisotopic (exact) mass is 384 g/mol. The lowest BCUT2D eigenvalue weighted by Gasteiger charge is -2.31. The first kappa shape index (κ1) is 17.7. The molecule has 0 unspecified atom stereocenters.